The Morgan fingerprint density at radius 2 is 1.86 bits per heavy atom. The fraction of sp³-hybridized carbons (Fsp3) is 0.211. The Hall–Kier alpha value is -2.75. The summed E-state index contributed by atoms with van der Waals surface area (Å²) < 4.78 is 36.2. The minimum Gasteiger partial charge on any atom is -0.465 e. The van der Waals surface area contributed by atoms with Crippen molar-refractivity contribution in [1.29, 1.82) is 0 Å². The van der Waals surface area contributed by atoms with Gasteiger partial charge in [0.25, 0.3) is 0 Å². The molecule has 29 heavy (non-hydrogen) atoms. The molecule has 0 bridgehead atoms. The highest BCUT2D eigenvalue weighted by atomic mass is 35.5. The highest BCUT2D eigenvalue weighted by Crippen LogP contribution is 2.25. The summed E-state index contributed by atoms with van der Waals surface area (Å²) in [6.07, 6.45) is 0. The van der Waals surface area contributed by atoms with Crippen LogP contribution in [0, 0.1) is 0 Å². The molecule has 0 radical (unpaired) electrons. The van der Waals surface area contributed by atoms with Crippen molar-refractivity contribution >= 4 is 27.6 Å². The van der Waals surface area contributed by atoms with Gasteiger partial charge in [0.1, 0.15) is 0 Å². The van der Waals surface area contributed by atoms with Crippen LogP contribution in [0.15, 0.2) is 53.1 Å². The van der Waals surface area contributed by atoms with Gasteiger partial charge in [0.05, 0.1) is 30.0 Å². The number of aromatic nitrogens is 2. The maximum absolute atomic E-state index is 12.6. The first kappa shape index (κ1) is 21.0. The molecule has 0 aliphatic carbocycles. The van der Waals surface area contributed by atoms with Crippen LogP contribution in [-0.4, -0.2) is 43.0 Å². The Morgan fingerprint density at radius 1 is 1.17 bits per heavy atom. The molecular weight excluding hydrogens is 418 g/mol. The molecule has 8 nitrogen and oxygen atoms in total. The average molecular weight is 436 g/mol. The highest BCUT2D eigenvalue weighted by molar-refractivity contribution is 7.88. The van der Waals surface area contributed by atoms with E-state index in [0.717, 1.165) is 4.31 Å². The Labute approximate surface area is 173 Å². The predicted molar refractivity (Wildman–Crippen MR) is 107 cm³/mol. The summed E-state index contributed by atoms with van der Waals surface area (Å²) >= 11 is 6.12. The first-order chi connectivity index (χ1) is 13.8. The Kier molecular flexibility index (Phi) is 6.31. The molecule has 2 aromatic carbocycles. The summed E-state index contributed by atoms with van der Waals surface area (Å²) in [6, 6.07) is 13.2. The van der Waals surface area contributed by atoms with Crippen LogP contribution in [0.5, 0.6) is 0 Å². The topological polar surface area (TPSA) is 103 Å². The number of nitrogens with zero attached hydrogens (tertiary/aromatic N) is 3. The summed E-state index contributed by atoms with van der Waals surface area (Å²) in [5.41, 5.74) is 1.48. The number of carbonyl (C=O) groups excluding carboxylic acids is 1. The van der Waals surface area contributed by atoms with Gasteiger partial charge in [-0.05, 0) is 29.8 Å². The van der Waals surface area contributed by atoms with Crippen LogP contribution in [-0.2, 0) is 27.1 Å². The third-order valence-corrected chi connectivity index (χ3v) is 6.25. The van der Waals surface area contributed by atoms with Gasteiger partial charge in [0, 0.05) is 12.6 Å². The van der Waals surface area contributed by atoms with E-state index >= 15 is 0 Å². The lowest BCUT2D eigenvalue weighted by Crippen LogP contribution is -2.28. The number of benzene rings is 2. The number of hydrogen-bond acceptors (Lipinski definition) is 7. The van der Waals surface area contributed by atoms with E-state index in [1.54, 1.807) is 36.4 Å². The van der Waals surface area contributed by atoms with Gasteiger partial charge in [-0.3, -0.25) is 0 Å². The minimum atomic E-state index is -3.65. The number of methoxy groups -OCH3 is 1. The standard InChI is InChI=1S/C19H18ClN3O5S/c1-23(11-17-21-18(22-28-17)15-5-3-4-6-16(15)20)29(25,26)12-13-7-9-14(10-8-13)19(24)27-2/h3-10H,11-12H2,1-2H3. The molecule has 10 heteroatoms. The van der Waals surface area contributed by atoms with Gasteiger partial charge in [-0.1, -0.05) is 41.0 Å². The highest BCUT2D eigenvalue weighted by Gasteiger charge is 2.22. The molecular formula is C19H18ClN3O5S. The van der Waals surface area contributed by atoms with Crippen LogP contribution in [0.1, 0.15) is 21.8 Å². The van der Waals surface area contributed by atoms with Crippen molar-refractivity contribution in [1.82, 2.24) is 14.4 Å². The molecule has 0 aliphatic heterocycles. The van der Waals surface area contributed by atoms with Crippen molar-refractivity contribution in [3.05, 3.63) is 70.6 Å². The Bertz CT molecular complexity index is 1110. The minimum absolute atomic E-state index is 0.0833. The second-order valence-electron chi connectivity index (χ2n) is 6.19. The SMILES string of the molecule is COC(=O)c1ccc(CS(=O)(=O)N(C)Cc2nc(-c3ccccc3Cl)no2)cc1. The molecule has 1 aromatic heterocycles. The zero-order valence-electron chi connectivity index (χ0n) is 15.7. The van der Waals surface area contributed by atoms with Crippen molar-refractivity contribution in [3.8, 4) is 11.4 Å². The summed E-state index contributed by atoms with van der Waals surface area (Å²) in [5, 5.41) is 4.33. The molecule has 0 aliphatic rings. The number of sulfonamides is 1. The number of esters is 1. The van der Waals surface area contributed by atoms with Gasteiger partial charge in [-0.2, -0.15) is 9.29 Å². The average Bonchev–Trinajstić information content (AvgIpc) is 3.16. The molecule has 152 valence electrons. The monoisotopic (exact) mass is 435 g/mol. The van der Waals surface area contributed by atoms with E-state index in [1.165, 1.54) is 26.3 Å². The molecule has 1 heterocycles. The lowest BCUT2D eigenvalue weighted by molar-refractivity contribution is 0.0600. The largest absolute Gasteiger partial charge is 0.465 e. The van der Waals surface area contributed by atoms with Crippen LogP contribution >= 0.6 is 11.6 Å². The molecule has 3 aromatic rings. The number of carbonyl (C=O) groups is 1. The number of ether oxygens (including phenoxy) is 1. The molecule has 0 fully saturated rings. The number of hydrogen-bond donors (Lipinski definition) is 0. The van der Waals surface area contributed by atoms with E-state index in [4.69, 9.17) is 16.1 Å². The maximum atomic E-state index is 12.6. The first-order valence-electron chi connectivity index (χ1n) is 8.49. The normalized spacial score (nSPS) is 11.6. The fourth-order valence-corrected chi connectivity index (χ4v) is 3.90. The van der Waals surface area contributed by atoms with Gasteiger partial charge in [-0.25, -0.2) is 13.2 Å². The molecule has 0 unspecified atom stereocenters. The van der Waals surface area contributed by atoms with Gasteiger partial charge < -0.3 is 9.26 Å². The van der Waals surface area contributed by atoms with Crippen LogP contribution in [0.4, 0.5) is 0 Å². The molecule has 0 amide bonds. The Morgan fingerprint density at radius 3 is 2.52 bits per heavy atom. The lowest BCUT2D eigenvalue weighted by Gasteiger charge is -2.15. The van der Waals surface area contributed by atoms with Gasteiger partial charge >= 0.3 is 5.97 Å². The van der Waals surface area contributed by atoms with E-state index in [9.17, 15) is 13.2 Å². The lowest BCUT2D eigenvalue weighted by atomic mass is 10.1. The molecule has 0 saturated carbocycles. The summed E-state index contributed by atoms with van der Waals surface area (Å²) in [7, 11) is -0.940. The third kappa shape index (κ3) is 5.00. The summed E-state index contributed by atoms with van der Waals surface area (Å²) in [4.78, 5) is 15.7. The molecule has 0 saturated heterocycles. The summed E-state index contributed by atoms with van der Waals surface area (Å²) in [5.74, 6) is -0.291. The van der Waals surface area contributed by atoms with Gasteiger partial charge in [0.15, 0.2) is 0 Å². The number of halogens is 1. The molecule has 0 atom stereocenters. The predicted octanol–water partition coefficient (Wildman–Crippen LogP) is 3.14. The molecule has 3 rings (SSSR count). The molecule has 0 spiro atoms. The molecule has 0 N–H and O–H groups in total. The Balaban J connectivity index is 1.69. The van der Waals surface area contributed by atoms with Crippen LogP contribution in [0.3, 0.4) is 0 Å². The number of rotatable bonds is 7. The van der Waals surface area contributed by atoms with E-state index < -0.39 is 16.0 Å². The van der Waals surface area contributed by atoms with E-state index in [0.29, 0.717) is 21.7 Å². The van der Waals surface area contributed by atoms with Gasteiger partial charge in [-0.15, -0.1) is 0 Å². The summed E-state index contributed by atoms with van der Waals surface area (Å²) in [6.45, 7) is -0.0833. The van der Waals surface area contributed by atoms with Crippen molar-refractivity contribution in [2.45, 2.75) is 12.3 Å². The van der Waals surface area contributed by atoms with E-state index in [1.807, 2.05) is 0 Å². The third-order valence-electron chi connectivity index (χ3n) is 4.14. The van der Waals surface area contributed by atoms with Crippen molar-refractivity contribution in [3.63, 3.8) is 0 Å². The van der Waals surface area contributed by atoms with E-state index in [2.05, 4.69) is 14.9 Å². The van der Waals surface area contributed by atoms with E-state index in [-0.39, 0.29) is 24.0 Å². The maximum Gasteiger partial charge on any atom is 0.337 e. The van der Waals surface area contributed by atoms with Gasteiger partial charge in [0.2, 0.25) is 21.7 Å². The van der Waals surface area contributed by atoms with Crippen molar-refractivity contribution in [2.24, 2.45) is 0 Å². The van der Waals surface area contributed by atoms with Crippen LogP contribution in [0.25, 0.3) is 11.4 Å². The zero-order chi connectivity index (χ0) is 21.0. The first-order valence-corrected chi connectivity index (χ1v) is 10.5. The smallest absolute Gasteiger partial charge is 0.337 e. The van der Waals surface area contributed by atoms with Crippen molar-refractivity contribution in [2.75, 3.05) is 14.2 Å². The fourth-order valence-electron chi connectivity index (χ4n) is 2.54. The second-order valence-corrected chi connectivity index (χ2v) is 8.68. The van der Waals surface area contributed by atoms with Crippen LogP contribution in [0.2, 0.25) is 5.02 Å². The zero-order valence-corrected chi connectivity index (χ0v) is 17.3. The quantitative estimate of drug-likeness (QED) is 0.525. The van der Waals surface area contributed by atoms with Crippen LogP contribution < -0.4 is 0 Å². The second kappa shape index (κ2) is 8.73. The van der Waals surface area contributed by atoms with Crippen molar-refractivity contribution < 1.29 is 22.5 Å².